The van der Waals surface area contributed by atoms with E-state index in [-0.39, 0.29) is 6.54 Å². The molecule has 0 aromatic carbocycles. The molecular formula is C14H15N3O4. The largest absolute Gasteiger partial charge is 0.399 e. The van der Waals surface area contributed by atoms with Crippen LogP contribution in [0.15, 0.2) is 36.7 Å². The van der Waals surface area contributed by atoms with Crippen LogP contribution in [0, 0.1) is 0 Å². The Labute approximate surface area is 121 Å². The van der Waals surface area contributed by atoms with Crippen LogP contribution in [-0.2, 0) is 19.1 Å². The summed E-state index contributed by atoms with van der Waals surface area (Å²) in [6.45, 7) is 1.50. The van der Waals surface area contributed by atoms with Crippen molar-refractivity contribution in [1.82, 2.24) is 10.3 Å². The SMILES string of the molecule is O=C1C=CC(=O)OC2(CNCCCN2c2cccnc2)O1. The van der Waals surface area contributed by atoms with Gasteiger partial charge in [0, 0.05) is 24.9 Å². The maximum absolute atomic E-state index is 11.8. The minimum absolute atomic E-state index is 0.195. The van der Waals surface area contributed by atoms with E-state index in [1.54, 1.807) is 23.4 Å². The summed E-state index contributed by atoms with van der Waals surface area (Å²) in [4.78, 5) is 29.4. The summed E-state index contributed by atoms with van der Waals surface area (Å²) in [5.41, 5.74) is 0.726. The summed E-state index contributed by atoms with van der Waals surface area (Å²) in [6.07, 6.45) is 6.26. The van der Waals surface area contributed by atoms with Gasteiger partial charge in [0.15, 0.2) is 0 Å². The van der Waals surface area contributed by atoms with Gasteiger partial charge in [-0.25, -0.2) is 9.59 Å². The molecule has 110 valence electrons. The van der Waals surface area contributed by atoms with Gasteiger partial charge in [0.2, 0.25) is 0 Å². The Hall–Kier alpha value is -2.41. The number of esters is 2. The van der Waals surface area contributed by atoms with Crippen molar-refractivity contribution in [2.75, 3.05) is 24.5 Å². The smallest absolute Gasteiger partial charge is 0.356 e. The van der Waals surface area contributed by atoms with Gasteiger partial charge >= 0.3 is 17.8 Å². The summed E-state index contributed by atoms with van der Waals surface area (Å²) in [5.74, 6) is -2.71. The first-order chi connectivity index (χ1) is 10.2. The molecule has 0 amide bonds. The van der Waals surface area contributed by atoms with Crippen molar-refractivity contribution in [3.05, 3.63) is 36.7 Å². The van der Waals surface area contributed by atoms with Crippen LogP contribution in [-0.4, -0.2) is 42.5 Å². The van der Waals surface area contributed by atoms with Gasteiger partial charge in [0.05, 0.1) is 18.4 Å². The summed E-state index contributed by atoms with van der Waals surface area (Å²) in [6, 6.07) is 3.61. The van der Waals surface area contributed by atoms with Gasteiger partial charge in [-0.3, -0.25) is 9.88 Å². The summed E-state index contributed by atoms with van der Waals surface area (Å²) < 4.78 is 10.8. The second-order valence-corrected chi connectivity index (χ2v) is 4.78. The van der Waals surface area contributed by atoms with Crippen LogP contribution >= 0.6 is 0 Å². The van der Waals surface area contributed by atoms with Crippen LogP contribution in [0.25, 0.3) is 0 Å². The molecule has 3 rings (SSSR count). The van der Waals surface area contributed by atoms with E-state index >= 15 is 0 Å². The molecule has 0 aliphatic carbocycles. The average Bonchev–Trinajstić information content (AvgIpc) is 2.76. The highest BCUT2D eigenvalue weighted by Crippen LogP contribution is 2.29. The van der Waals surface area contributed by atoms with Crippen molar-refractivity contribution in [1.29, 1.82) is 0 Å². The van der Waals surface area contributed by atoms with Gasteiger partial charge in [0.25, 0.3) is 0 Å². The lowest BCUT2D eigenvalue weighted by molar-refractivity contribution is -0.217. The van der Waals surface area contributed by atoms with E-state index < -0.39 is 17.8 Å². The van der Waals surface area contributed by atoms with Crippen molar-refractivity contribution in [2.45, 2.75) is 12.3 Å². The van der Waals surface area contributed by atoms with Gasteiger partial charge < -0.3 is 14.8 Å². The molecule has 0 radical (unpaired) electrons. The summed E-state index contributed by atoms with van der Waals surface area (Å²) in [7, 11) is 0. The number of carbonyl (C=O) groups is 2. The third-order valence-electron chi connectivity index (χ3n) is 3.33. The van der Waals surface area contributed by atoms with Crippen molar-refractivity contribution in [2.24, 2.45) is 0 Å². The first-order valence-corrected chi connectivity index (χ1v) is 6.72. The van der Waals surface area contributed by atoms with Crippen LogP contribution < -0.4 is 10.2 Å². The molecule has 7 nitrogen and oxygen atoms in total. The third-order valence-corrected chi connectivity index (χ3v) is 3.33. The number of carbonyl (C=O) groups excluding carboxylic acids is 2. The Balaban J connectivity index is 2.02. The highest BCUT2D eigenvalue weighted by atomic mass is 16.8. The van der Waals surface area contributed by atoms with Gasteiger partial charge in [-0.05, 0) is 25.1 Å². The van der Waals surface area contributed by atoms with Crippen LogP contribution in [0.4, 0.5) is 5.69 Å². The minimum atomic E-state index is -1.49. The lowest BCUT2D eigenvalue weighted by Crippen LogP contribution is -2.58. The monoisotopic (exact) mass is 289 g/mol. The molecule has 0 saturated carbocycles. The number of rotatable bonds is 1. The van der Waals surface area contributed by atoms with E-state index in [4.69, 9.17) is 9.47 Å². The molecule has 1 N–H and O–H groups in total. The van der Waals surface area contributed by atoms with Gasteiger partial charge in [-0.1, -0.05) is 0 Å². The normalized spacial score (nSPS) is 21.4. The second-order valence-electron chi connectivity index (χ2n) is 4.78. The topological polar surface area (TPSA) is 80.8 Å². The van der Waals surface area contributed by atoms with E-state index in [2.05, 4.69) is 10.3 Å². The zero-order valence-corrected chi connectivity index (χ0v) is 11.3. The molecule has 0 unspecified atom stereocenters. The quantitative estimate of drug-likeness (QED) is 0.739. The third kappa shape index (κ3) is 2.73. The first kappa shape index (κ1) is 13.6. The summed E-state index contributed by atoms with van der Waals surface area (Å²) in [5, 5.41) is 3.13. The number of aromatic nitrogens is 1. The lowest BCUT2D eigenvalue weighted by Gasteiger charge is -2.40. The zero-order chi connectivity index (χ0) is 14.7. The number of nitrogens with one attached hydrogen (secondary N) is 1. The van der Waals surface area contributed by atoms with E-state index in [0.29, 0.717) is 6.54 Å². The number of pyridine rings is 1. The van der Waals surface area contributed by atoms with Crippen molar-refractivity contribution >= 4 is 17.6 Å². The Morgan fingerprint density at radius 1 is 1.24 bits per heavy atom. The predicted octanol–water partition coefficient (Wildman–Crippen LogP) is 0.191. The Kier molecular flexibility index (Phi) is 3.57. The van der Waals surface area contributed by atoms with Crippen LogP contribution in [0.2, 0.25) is 0 Å². The van der Waals surface area contributed by atoms with Crippen molar-refractivity contribution < 1.29 is 19.1 Å². The lowest BCUT2D eigenvalue weighted by atomic mass is 10.3. The standard InChI is InChI=1S/C14H15N3O4/c18-12-4-5-13(19)21-14(20-12)10-16-7-2-8-17(14)11-3-1-6-15-9-11/h1,3-6,9,16H,2,7-8,10H2. The highest BCUT2D eigenvalue weighted by Gasteiger charge is 2.46. The minimum Gasteiger partial charge on any atom is -0.399 e. The maximum atomic E-state index is 11.8. The number of hydrogen-bond donors (Lipinski definition) is 1. The Bertz CT molecular complexity index is 553. The fourth-order valence-electron chi connectivity index (χ4n) is 2.44. The van der Waals surface area contributed by atoms with Gasteiger partial charge in [-0.2, -0.15) is 0 Å². The molecular weight excluding hydrogens is 274 g/mol. The van der Waals surface area contributed by atoms with Crippen molar-refractivity contribution in [3.63, 3.8) is 0 Å². The van der Waals surface area contributed by atoms with Gasteiger partial charge in [-0.15, -0.1) is 0 Å². The number of anilines is 1. The van der Waals surface area contributed by atoms with Crippen molar-refractivity contribution in [3.8, 4) is 0 Å². The van der Waals surface area contributed by atoms with Crippen LogP contribution in [0.3, 0.4) is 0 Å². The highest BCUT2D eigenvalue weighted by molar-refractivity contribution is 5.93. The molecule has 1 fully saturated rings. The van der Waals surface area contributed by atoms with E-state index in [1.165, 1.54) is 0 Å². The molecule has 1 aromatic heterocycles. The zero-order valence-electron chi connectivity index (χ0n) is 11.3. The van der Waals surface area contributed by atoms with E-state index in [1.807, 2.05) is 6.07 Å². The molecule has 1 spiro atoms. The average molecular weight is 289 g/mol. The first-order valence-electron chi connectivity index (χ1n) is 6.72. The van der Waals surface area contributed by atoms with E-state index in [9.17, 15) is 9.59 Å². The Morgan fingerprint density at radius 3 is 2.67 bits per heavy atom. The predicted molar refractivity (Wildman–Crippen MR) is 73.1 cm³/mol. The molecule has 2 aliphatic rings. The van der Waals surface area contributed by atoms with Crippen LogP contribution in [0.1, 0.15) is 6.42 Å². The number of hydrogen-bond acceptors (Lipinski definition) is 7. The number of nitrogens with zero attached hydrogens (tertiary/aromatic N) is 2. The van der Waals surface area contributed by atoms with Gasteiger partial charge in [0.1, 0.15) is 0 Å². The Morgan fingerprint density at radius 2 is 2.00 bits per heavy atom. The molecule has 1 aromatic rings. The molecule has 3 heterocycles. The fourth-order valence-corrected chi connectivity index (χ4v) is 2.44. The van der Waals surface area contributed by atoms with E-state index in [0.717, 1.165) is 30.8 Å². The summed E-state index contributed by atoms with van der Waals surface area (Å²) >= 11 is 0. The molecule has 0 bridgehead atoms. The van der Waals surface area contributed by atoms with Crippen LogP contribution in [0.5, 0.6) is 0 Å². The molecule has 7 heteroatoms. The maximum Gasteiger partial charge on any atom is 0.356 e. The fraction of sp³-hybridized carbons (Fsp3) is 0.357. The molecule has 0 atom stereocenters. The second kappa shape index (κ2) is 5.53. The number of ether oxygens (including phenoxy) is 2. The molecule has 1 saturated heterocycles. The molecule has 21 heavy (non-hydrogen) atoms. The molecule has 2 aliphatic heterocycles.